The molecule has 0 N–H and O–H groups in total. The Morgan fingerprint density at radius 3 is 2.17 bits per heavy atom. The zero-order chi connectivity index (χ0) is 28.3. The van der Waals surface area contributed by atoms with Gasteiger partial charge in [-0.2, -0.15) is 0 Å². The quantitative estimate of drug-likeness (QED) is 0.212. The van der Waals surface area contributed by atoms with Gasteiger partial charge in [0.15, 0.2) is 0 Å². The number of ether oxygens (including phenoxy) is 1. The van der Waals surface area contributed by atoms with Crippen molar-refractivity contribution in [3.63, 3.8) is 0 Å². The zero-order valence-corrected chi connectivity index (χ0v) is 23.9. The summed E-state index contributed by atoms with van der Waals surface area (Å²) in [6.07, 6.45) is 13.6. The highest BCUT2D eigenvalue weighted by molar-refractivity contribution is 6.04. The Hall–Kier alpha value is -4.76. The number of benzene rings is 3. The molecule has 42 heavy (non-hydrogen) atoms. The number of nitrogens with zero attached hydrogens (tertiary/aromatic N) is 2. The Bertz CT molecular complexity index is 1990. The Kier molecular flexibility index (Phi) is 5.75. The lowest BCUT2D eigenvalue weighted by Gasteiger charge is -2.41. The van der Waals surface area contributed by atoms with Crippen LogP contribution in [0.3, 0.4) is 0 Å². The normalized spacial score (nSPS) is 20.7. The maximum atomic E-state index is 6.63. The highest BCUT2D eigenvalue weighted by atomic mass is 16.5. The van der Waals surface area contributed by atoms with E-state index in [1.807, 2.05) is 6.07 Å². The lowest BCUT2D eigenvalue weighted by molar-refractivity contribution is 0.269. The fraction of sp³-hybridized carbons (Fsp3) is 0.179. The lowest BCUT2D eigenvalue weighted by atomic mass is 9.69. The minimum absolute atomic E-state index is 0.0784. The molecule has 204 valence electrons. The Labute approximate surface area is 246 Å². The molecule has 5 aromatic rings. The Balaban J connectivity index is 1.11. The average Bonchev–Trinajstić information content (AvgIpc) is 3.04. The van der Waals surface area contributed by atoms with E-state index in [0.29, 0.717) is 11.8 Å². The van der Waals surface area contributed by atoms with Gasteiger partial charge in [0, 0.05) is 38.8 Å². The minimum Gasteiger partial charge on any atom is -0.461 e. The SMILES string of the molecule is CC1(C)C2=C(Oc3ccccc31)C(C1C=CC(c3ccc4ccc5ccc(-c6ccccc6)nc5c4n3)=CC1)CC=C2. The van der Waals surface area contributed by atoms with Crippen LogP contribution in [0.2, 0.25) is 0 Å². The van der Waals surface area contributed by atoms with Gasteiger partial charge in [-0.1, -0.05) is 117 Å². The molecular formula is C39H32N2O. The average molecular weight is 545 g/mol. The zero-order valence-electron chi connectivity index (χ0n) is 23.9. The van der Waals surface area contributed by atoms with Gasteiger partial charge in [-0.15, -0.1) is 0 Å². The molecule has 0 radical (unpaired) electrons. The van der Waals surface area contributed by atoms with E-state index in [4.69, 9.17) is 14.7 Å². The summed E-state index contributed by atoms with van der Waals surface area (Å²) in [4.78, 5) is 10.3. The molecule has 3 nitrogen and oxygen atoms in total. The fourth-order valence-corrected chi connectivity index (χ4v) is 6.90. The van der Waals surface area contributed by atoms with Crippen LogP contribution in [0.15, 0.2) is 133 Å². The summed E-state index contributed by atoms with van der Waals surface area (Å²) in [5, 5.41) is 2.21. The monoisotopic (exact) mass is 544 g/mol. The molecule has 2 atom stereocenters. The number of aromatic nitrogens is 2. The molecule has 0 bridgehead atoms. The smallest absolute Gasteiger partial charge is 0.131 e. The van der Waals surface area contributed by atoms with Crippen molar-refractivity contribution in [1.82, 2.24) is 9.97 Å². The first-order chi connectivity index (χ1) is 20.6. The molecular weight excluding hydrogens is 512 g/mol. The molecule has 3 heterocycles. The van der Waals surface area contributed by atoms with E-state index in [9.17, 15) is 0 Å². The molecule has 3 heteroatoms. The third-order valence-corrected chi connectivity index (χ3v) is 9.27. The summed E-state index contributed by atoms with van der Waals surface area (Å²) < 4.78 is 6.63. The first-order valence-electron chi connectivity index (χ1n) is 14.9. The van der Waals surface area contributed by atoms with Crippen LogP contribution in [0.5, 0.6) is 5.75 Å². The van der Waals surface area contributed by atoms with Gasteiger partial charge < -0.3 is 4.74 Å². The Morgan fingerprint density at radius 2 is 1.40 bits per heavy atom. The van der Waals surface area contributed by atoms with E-state index in [2.05, 4.69) is 129 Å². The van der Waals surface area contributed by atoms with Crippen LogP contribution in [-0.2, 0) is 5.41 Å². The molecule has 2 aliphatic carbocycles. The third kappa shape index (κ3) is 4.03. The fourth-order valence-electron chi connectivity index (χ4n) is 6.90. The number of hydrogen-bond donors (Lipinski definition) is 0. The highest BCUT2D eigenvalue weighted by Gasteiger charge is 2.40. The molecule has 0 amide bonds. The predicted molar refractivity (Wildman–Crippen MR) is 172 cm³/mol. The molecule has 3 aliphatic rings. The molecule has 0 saturated heterocycles. The van der Waals surface area contributed by atoms with Crippen LogP contribution in [0.1, 0.15) is 37.9 Å². The lowest BCUT2D eigenvalue weighted by Crippen LogP contribution is -2.33. The maximum absolute atomic E-state index is 6.63. The number of fused-ring (bicyclic) bond motifs is 4. The van der Waals surface area contributed by atoms with Crippen molar-refractivity contribution in [2.24, 2.45) is 11.8 Å². The van der Waals surface area contributed by atoms with Gasteiger partial charge in [-0.25, -0.2) is 9.97 Å². The number of hydrogen-bond acceptors (Lipinski definition) is 3. The second-order valence-electron chi connectivity index (χ2n) is 12.1. The number of allylic oxidation sites excluding steroid dienone is 8. The molecule has 0 fully saturated rings. The Morgan fingerprint density at radius 1 is 0.714 bits per heavy atom. The molecule has 8 rings (SSSR count). The second kappa shape index (κ2) is 9.66. The highest BCUT2D eigenvalue weighted by Crippen LogP contribution is 2.49. The van der Waals surface area contributed by atoms with Gasteiger partial charge in [0.25, 0.3) is 0 Å². The van der Waals surface area contributed by atoms with Crippen LogP contribution in [0.25, 0.3) is 38.6 Å². The summed E-state index contributed by atoms with van der Waals surface area (Å²) >= 11 is 0. The summed E-state index contributed by atoms with van der Waals surface area (Å²) in [5.41, 5.74) is 8.62. The van der Waals surface area contributed by atoms with Crippen molar-refractivity contribution in [2.75, 3.05) is 0 Å². The summed E-state index contributed by atoms with van der Waals surface area (Å²) in [5.74, 6) is 2.83. The maximum Gasteiger partial charge on any atom is 0.131 e. The van der Waals surface area contributed by atoms with Crippen molar-refractivity contribution in [3.8, 4) is 17.0 Å². The predicted octanol–water partition coefficient (Wildman–Crippen LogP) is 9.61. The van der Waals surface area contributed by atoms with E-state index in [1.54, 1.807) is 0 Å². The van der Waals surface area contributed by atoms with E-state index in [0.717, 1.165) is 63.1 Å². The van der Waals surface area contributed by atoms with Crippen molar-refractivity contribution in [2.45, 2.75) is 32.1 Å². The van der Waals surface area contributed by atoms with E-state index in [-0.39, 0.29) is 5.41 Å². The number of pyridine rings is 2. The topological polar surface area (TPSA) is 35.0 Å². The molecule has 0 saturated carbocycles. The standard InChI is InChI=1S/C39H32N2O/c1-39(2)31-12-6-7-14-35(31)42-38-30(11-8-13-32(38)39)25-15-17-27(18-16-25)34-24-22-29-20-19-28-21-23-33(26-9-4-3-5-10-26)40-36(28)37(29)41-34/h3-10,12-15,17-25,30H,11,16H2,1-2H3. The van der Waals surface area contributed by atoms with Gasteiger partial charge in [0.2, 0.25) is 0 Å². The van der Waals surface area contributed by atoms with Gasteiger partial charge >= 0.3 is 0 Å². The largest absolute Gasteiger partial charge is 0.461 e. The van der Waals surface area contributed by atoms with E-state index in [1.165, 1.54) is 16.7 Å². The molecule has 2 aromatic heterocycles. The first kappa shape index (κ1) is 25.0. The minimum atomic E-state index is -0.0784. The van der Waals surface area contributed by atoms with Gasteiger partial charge in [-0.05, 0) is 42.5 Å². The summed E-state index contributed by atoms with van der Waals surface area (Å²) in [6, 6.07) is 31.7. The number of rotatable bonds is 3. The number of para-hydroxylation sites is 1. The van der Waals surface area contributed by atoms with Crippen molar-refractivity contribution >= 4 is 27.4 Å². The van der Waals surface area contributed by atoms with Gasteiger partial charge in [-0.3, -0.25) is 0 Å². The van der Waals surface area contributed by atoms with E-state index < -0.39 is 0 Å². The molecule has 1 aliphatic heterocycles. The van der Waals surface area contributed by atoms with Crippen LogP contribution in [0.4, 0.5) is 0 Å². The van der Waals surface area contributed by atoms with Crippen molar-refractivity contribution < 1.29 is 4.74 Å². The van der Waals surface area contributed by atoms with Gasteiger partial charge in [0.1, 0.15) is 11.5 Å². The second-order valence-corrected chi connectivity index (χ2v) is 12.1. The van der Waals surface area contributed by atoms with Crippen LogP contribution >= 0.6 is 0 Å². The summed E-state index contributed by atoms with van der Waals surface area (Å²) in [7, 11) is 0. The van der Waals surface area contributed by atoms with Crippen LogP contribution < -0.4 is 4.74 Å². The summed E-state index contributed by atoms with van der Waals surface area (Å²) in [6.45, 7) is 4.63. The van der Waals surface area contributed by atoms with Crippen molar-refractivity contribution in [3.05, 3.63) is 144 Å². The third-order valence-electron chi connectivity index (χ3n) is 9.27. The van der Waals surface area contributed by atoms with E-state index >= 15 is 0 Å². The van der Waals surface area contributed by atoms with Crippen LogP contribution in [0, 0.1) is 11.8 Å². The van der Waals surface area contributed by atoms with Gasteiger partial charge in [0.05, 0.1) is 22.4 Å². The van der Waals surface area contributed by atoms with Crippen LogP contribution in [-0.4, -0.2) is 9.97 Å². The van der Waals surface area contributed by atoms with Crippen molar-refractivity contribution in [1.29, 1.82) is 0 Å². The first-order valence-corrected chi connectivity index (χ1v) is 14.9. The molecule has 2 unspecified atom stereocenters. The molecule has 3 aromatic carbocycles. The molecule has 0 spiro atoms.